The molecule has 0 bridgehead atoms. The Labute approximate surface area is 169 Å². The van der Waals surface area contributed by atoms with Crippen LogP contribution in [0.15, 0.2) is 23.8 Å². The second-order valence-corrected chi connectivity index (χ2v) is 7.45. The lowest BCUT2D eigenvalue weighted by molar-refractivity contribution is -0.384. The average molecular weight is 410 g/mol. The van der Waals surface area contributed by atoms with Crippen molar-refractivity contribution in [1.82, 2.24) is 0 Å². The highest BCUT2D eigenvalue weighted by Crippen LogP contribution is 2.26. The van der Waals surface area contributed by atoms with E-state index in [9.17, 15) is 24.8 Å². The van der Waals surface area contributed by atoms with Crippen LogP contribution in [-0.2, 0) is 14.3 Å². The van der Waals surface area contributed by atoms with Gasteiger partial charge in [-0.15, -0.1) is 0 Å². The number of phenolic OH excluding ortho intramolecular Hbond substituents is 1. The van der Waals surface area contributed by atoms with Crippen LogP contribution in [0.4, 0.5) is 5.69 Å². The number of ether oxygens (including phenoxy) is 1. The van der Waals surface area contributed by atoms with Gasteiger partial charge in [0.05, 0.1) is 17.3 Å². The van der Waals surface area contributed by atoms with E-state index in [0.29, 0.717) is 12.5 Å². The Morgan fingerprint density at radius 3 is 2.68 bits per heavy atom. The molecule has 1 aromatic carbocycles. The van der Waals surface area contributed by atoms with Gasteiger partial charge in [-0.05, 0) is 31.4 Å². The number of hydrogen-bond donors (Lipinski definition) is 1. The van der Waals surface area contributed by atoms with Gasteiger partial charge in [0.2, 0.25) is 5.12 Å². The minimum Gasteiger partial charge on any atom is -0.507 e. The number of carbonyl (C=O) groups excluding carboxylic acids is 2. The van der Waals surface area contributed by atoms with Crippen LogP contribution in [0.5, 0.6) is 5.75 Å². The van der Waals surface area contributed by atoms with E-state index >= 15 is 0 Å². The van der Waals surface area contributed by atoms with Crippen molar-refractivity contribution < 1.29 is 24.4 Å². The Hall–Kier alpha value is -2.35. The van der Waals surface area contributed by atoms with Crippen molar-refractivity contribution in [3.8, 4) is 5.75 Å². The second-order valence-electron chi connectivity index (χ2n) is 6.50. The first-order valence-corrected chi connectivity index (χ1v) is 10.2. The number of aromatic hydroxyl groups is 1. The van der Waals surface area contributed by atoms with Gasteiger partial charge in [0, 0.05) is 23.3 Å². The third-order valence-corrected chi connectivity index (χ3v) is 5.22. The van der Waals surface area contributed by atoms with Gasteiger partial charge >= 0.3 is 5.97 Å². The molecule has 0 fully saturated rings. The van der Waals surface area contributed by atoms with Gasteiger partial charge in [-0.25, -0.2) is 0 Å². The fourth-order valence-electron chi connectivity index (χ4n) is 2.45. The predicted octanol–water partition coefficient (Wildman–Crippen LogP) is 4.72. The van der Waals surface area contributed by atoms with Crippen molar-refractivity contribution in [2.45, 2.75) is 46.5 Å². The highest BCUT2D eigenvalue weighted by Gasteiger charge is 2.15. The van der Waals surface area contributed by atoms with Crippen LogP contribution in [0, 0.1) is 16.0 Å². The number of thioether (sulfide) groups is 1. The molecule has 1 atom stereocenters. The maximum Gasteiger partial charge on any atom is 0.316 e. The Morgan fingerprint density at radius 1 is 1.36 bits per heavy atom. The summed E-state index contributed by atoms with van der Waals surface area (Å²) in [7, 11) is 0. The lowest BCUT2D eigenvalue weighted by Gasteiger charge is -2.14. The standard InChI is InChI=1S/C20H27NO6S/c1-4-6-7-15(5-2)12-27-19(23)13-28-20(24)14(3)10-16-11-17(21(25)26)8-9-18(16)22/h8-11,15,22H,4-7,12-13H2,1-3H3/b14-10+. The van der Waals surface area contributed by atoms with Gasteiger partial charge in [-0.3, -0.25) is 19.7 Å². The van der Waals surface area contributed by atoms with Crippen LogP contribution in [0.1, 0.15) is 52.0 Å². The first-order valence-electron chi connectivity index (χ1n) is 9.26. The van der Waals surface area contributed by atoms with Gasteiger partial charge in [0.25, 0.3) is 5.69 Å². The molecule has 154 valence electrons. The van der Waals surface area contributed by atoms with E-state index in [1.165, 1.54) is 31.2 Å². The zero-order valence-electron chi connectivity index (χ0n) is 16.5. The zero-order valence-corrected chi connectivity index (χ0v) is 17.3. The predicted molar refractivity (Wildman–Crippen MR) is 110 cm³/mol. The maximum absolute atomic E-state index is 12.2. The van der Waals surface area contributed by atoms with Gasteiger partial charge in [0.15, 0.2) is 0 Å². The summed E-state index contributed by atoms with van der Waals surface area (Å²) < 4.78 is 5.26. The molecule has 0 spiro atoms. The molecule has 0 amide bonds. The van der Waals surface area contributed by atoms with Gasteiger partial charge in [0.1, 0.15) is 5.75 Å². The fraction of sp³-hybridized carbons (Fsp3) is 0.500. The molecule has 0 saturated heterocycles. The molecule has 0 radical (unpaired) electrons. The summed E-state index contributed by atoms with van der Waals surface area (Å²) in [6, 6.07) is 3.57. The largest absolute Gasteiger partial charge is 0.507 e. The SMILES string of the molecule is CCCCC(CC)COC(=O)CSC(=O)/C(C)=C/c1cc([N+](=O)[O-])ccc1O. The highest BCUT2D eigenvalue weighted by atomic mass is 32.2. The number of esters is 1. The smallest absolute Gasteiger partial charge is 0.316 e. The number of nitro groups is 1. The van der Waals surface area contributed by atoms with Gasteiger partial charge in [-0.1, -0.05) is 44.9 Å². The maximum atomic E-state index is 12.2. The van der Waals surface area contributed by atoms with Crippen molar-refractivity contribution in [2.24, 2.45) is 5.92 Å². The molecule has 1 rings (SSSR count). The normalized spacial score (nSPS) is 12.5. The minimum atomic E-state index is -0.581. The lowest BCUT2D eigenvalue weighted by Crippen LogP contribution is -2.16. The molecule has 7 nitrogen and oxygen atoms in total. The molecule has 1 unspecified atom stereocenters. The molecular weight excluding hydrogens is 382 g/mol. The minimum absolute atomic E-state index is 0.102. The van der Waals surface area contributed by atoms with Crippen LogP contribution in [0.3, 0.4) is 0 Å². The summed E-state index contributed by atoms with van der Waals surface area (Å²) in [5, 5.41) is 20.3. The molecule has 0 heterocycles. The first-order chi connectivity index (χ1) is 13.3. The van der Waals surface area contributed by atoms with E-state index in [4.69, 9.17) is 4.74 Å². The Morgan fingerprint density at radius 2 is 2.07 bits per heavy atom. The fourth-order valence-corrected chi connectivity index (χ4v) is 3.07. The van der Waals surface area contributed by atoms with Crippen molar-refractivity contribution >= 4 is 34.6 Å². The number of benzene rings is 1. The van der Waals surface area contributed by atoms with E-state index < -0.39 is 10.9 Å². The van der Waals surface area contributed by atoms with Crippen molar-refractivity contribution in [2.75, 3.05) is 12.4 Å². The summed E-state index contributed by atoms with van der Waals surface area (Å²) in [6.45, 7) is 6.06. The number of rotatable bonds is 11. The Kier molecular flexibility index (Phi) is 10.3. The van der Waals surface area contributed by atoms with Crippen molar-refractivity contribution in [3.63, 3.8) is 0 Å². The summed E-state index contributed by atoms with van der Waals surface area (Å²) in [6.07, 6.45) is 5.51. The summed E-state index contributed by atoms with van der Waals surface area (Å²) in [5.41, 5.74) is 0.252. The molecule has 0 saturated carbocycles. The van der Waals surface area contributed by atoms with Crippen LogP contribution < -0.4 is 0 Å². The summed E-state index contributed by atoms with van der Waals surface area (Å²) >= 11 is 0.808. The van der Waals surface area contributed by atoms with Crippen molar-refractivity contribution in [3.05, 3.63) is 39.4 Å². The van der Waals surface area contributed by atoms with E-state index in [2.05, 4.69) is 13.8 Å². The third-order valence-electron chi connectivity index (χ3n) is 4.26. The Bertz CT molecular complexity index is 731. The molecular formula is C20H27NO6S. The molecule has 0 aliphatic rings. The number of non-ortho nitro benzene ring substituents is 1. The van der Waals surface area contributed by atoms with Gasteiger partial charge in [-0.2, -0.15) is 0 Å². The molecule has 0 aliphatic heterocycles. The number of carbonyl (C=O) groups is 2. The highest BCUT2D eigenvalue weighted by molar-refractivity contribution is 8.14. The first kappa shape index (κ1) is 23.7. The Balaban J connectivity index is 2.58. The lowest BCUT2D eigenvalue weighted by atomic mass is 10.0. The number of phenols is 1. The van der Waals surface area contributed by atoms with Crippen LogP contribution in [0.2, 0.25) is 0 Å². The van der Waals surface area contributed by atoms with E-state index in [1.54, 1.807) is 0 Å². The molecule has 1 N–H and O–H groups in total. The van der Waals surface area contributed by atoms with E-state index in [0.717, 1.165) is 37.4 Å². The molecule has 1 aromatic rings. The number of hydrogen-bond acceptors (Lipinski definition) is 7. The van der Waals surface area contributed by atoms with Crippen molar-refractivity contribution in [1.29, 1.82) is 0 Å². The van der Waals surface area contributed by atoms with Crippen LogP contribution >= 0.6 is 11.8 Å². The second kappa shape index (κ2) is 12.2. The molecule has 0 aliphatic carbocycles. The summed E-state index contributed by atoms with van der Waals surface area (Å²) in [5.74, 6) is -0.378. The number of nitrogens with zero attached hydrogens (tertiary/aromatic N) is 1. The van der Waals surface area contributed by atoms with Gasteiger partial charge < -0.3 is 9.84 Å². The summed E-state index contributed by atoms with van der Waals surface area (Å²) in [4.78, 5) is 34.3. The average Bonchev–Trinajstić information content (AvgIpc) is 2.67. The monoisotopic (exact) mass is 409 g/mol. The zero-order chi connectivity index (χ0) is 21.1. The molecule has 0 aromatic heterocycles. The molecule has 28 heavy (non-hydrogen) atoms. The molecule has 8 heteroatoms. The number of unbranched alkanes of at least 4 members (excludes halogenated alkanes) is 1. The van der Waals surface area contributed by atoms with E-state index in [1.807, 2.05) is 0 Å². The van der Waals surface area contributed by atoms with Crippen LogP contribution in [0.25, 0.3) is 6.08 Å². The van der Waals surface area contributed by atoms with E-state index in [-0.39, 0.29) is 33.4 Å². The van der Waals surface area contributed by atoms with Crippen LogP contribution in [-0.4, -0.2) is 33.5 Å². The number of nitro benzene ring substituents is 1. The topological polar surface area (TPSA) is 107 Å². The third kappa shape index (κ3) is 8.12. The quantitative estimate of drug-likeness (QED) is 0.244.